The molecule has 7 nitrogen and oxygen atoms in total. The zero-order valence-corrected chi connectivity index (χ0v) is 15.3. The van der Waals surface area contributed by atoms with Gasteiger partial charge in [-0.15, -0.1) is 0 Å². The lowest BCUT2D eigenvalue weighted by atomic mass is 10.1. The fraction of sp³-hybridized carbons (Fsp3) is 0.250. The number of hydrogen-bond acceptors (Lipinski definition) is 4. The predicted octanol–water partition coefficient (Wildman–Crippen LogP) is 3.11. The number of hydrogen-bond donors (Lipinski definition) is 3. The summed E-state index contributed by atoms with van der Waals surface area (Å²) in [4.78, 5) is 32.6. The first-order valence-corrected chi connectivity index (χ1v) is 8.81. The van der Waals surface area contributed by atoms with E-state index in [0.717, 1.165) is 17.5 Å². The molecule has 0 unspecified atom stereocenters. The van der Waals surface area contributed by atoms with E-state index in [1.165, 1.54) is 7.11 Å². The van der Waals surface area contributed by atoms with Crippen molar-refractivity contribution in [3.05, 3.63) is 54.1 Å². The number of rotatable bonds is 7. The first kappa shape index (κ1) is 18.4. The molecule has 2 amide bonds. The van der Waals surface area contributed by atoms with Gasteiger partial charge in [0.1, 0.15) is 11.8 Å². The topological polar surface area (TPSA) is 96.1 Å². The average molecular weight is 366 g/mol. The zero-order chi connectivity index (χ0) is 19.2. The van der Waals surface area contributed by atoms with Crippen LogP contribution in [0.25, 0.3) is 11.0 Å². The van der Waals surface area contributed by atoms with E-state index in [0.29, 0.717) is 23.7 Å². The number of carbonyl (C=O) groups excluding carboxylic acids is 2. The van der Waals surface area contributed by atoms with Gasteiger partial charge in [0.2, 0.25) is 11.9 Å². The molecule has 0 spiro atoms. The van der Waals surface area contributed by atoms with Crippen LogP contribution in [0.4, 0.5) is 5.95 Å². The zero-order valence-electron chi connectivity index (χ0n) is 15.3. The standard InChI is InChI=1S/C20H22N4O3/c1-3-7-17(21-18(25)13-8-6-9-14(12-13)27-2)19(26)24-20-22-15-10-4-5-11-16(15)23-20/h4-6,8-12,17H,3,7H2,1-2H3,(H,21,25)(H2,22,23,24,26)/t17-/m1/s1. The molecule has 140 valence electrons. The van der Waals surface area contributed by atoms with Gasteiger partial charge < -0.3 is 15.0 Å². The fourth-order valence-electron chi connectivity index (χ4n) is 2.78. The number of para-hydroxylation sites is 2. The number of aromatic nitrogens is 2. The van der Waals surface area contributed by atoms with Gasteiger partial charge in [-0.2, -0.15) is 0 Å². The fourth-order valence-corrected chi connectivity index (χ4v) is 2.78. The molecule has 0 aliphatic rings. The number of nitrogens with one attached hydrogen (secondary N) is 3. The van der Waals surface area contributed by atoms with Crippen molar-refractivity contribution in [2.45, 2.75) is 25.8 Å². The number of methoxy groups -OCH3 is 1. The number of ether oxygens (including phenoxy) is 1. The Hall–Kier alpha value is -3.35. The second-order valence-corrected chi connectivity index (χ2v) is 6.14. The van der Waals surface area contributed by atoms with E-state index in [1.54, 1.807) is 24.3 Å². The van der Waals surface area contributed by atoms with Crippen molar-refractivity contribution in [3.63, 3.8) is 0 Å². The average Bonchev–Trinajstić information content (AvgIpc) is 3.09. The van der Waals surface area contributed by atoms with Crippen molar-refractivity contribution >= 4 is 28.8 Å². The summed E-state index contributed by atoms with van der Waals surface area (Å²) in [7, 11) is 1.54. The first-order chi connectivity index (χ1) is 13.1. The number of fused-ring (bicyclic) bond motifs is 1. The summed E-state index contributed by atoms with van der Waals surface area (Å²) in [5, 5.41) is 5.54. The normalized spacial score (nSPS) is 11.8. The van der Waals surface area contributed by atoms with E-state index in [4.69, 9.17) is 4.74 Å². The Bertz CT molecular complexity index is 918. The number of anilines is 1. The summed E-state index contributed by atoms with van der Waals surface area (Å²) < 4.78 is 5.14. The van der Waals surface area contributed by atoms with Crippen molar-refractivity contribution in [2.75, 3.05) is 12.4 Å². The monoisotopic (exact) mass is 366 g/mol. The molecule has 3 N–H and O–H groups in total. The van der Waals surface area contributed by atoms with Gasteiger partial charge in [-0.3, -0.25) is 14.9 Å². The highest BCUT2D eigenvalue weighted by Crippen LogP contribution is 2.15. The minimum absolute atomic E-state index is 0.313. The van der Waals surface area contributed by atoms with E-state index in [9.17, 15) is 9.59 Å². The van der Waals surface area contributed by atoms with Crippen molar-refractivity contribution in [3.8, 4) is 5.75 Å². The number of nitrogens with zero attached hydrogens (tertiary/aromatic N) is 1. The number of carbonyl (C=O) groups is 2. The van der Waals surface area contributed by atoms with Gasteiger partial charge in [-0.25, -0.2) is 4.98 Å². The molecule has 0 saturated heterocycles. The van der Waals surface area contributed by atoms with Gasteiger partial charge >= 0.3 is 0 Å². The minimum atomic E-state index is -0.665. The van der Waals surface area contributed by atoms with Crippen LogP contribution in [0.2, 0.25) is 0 Å². The molecule has 3 aromatic rings. The van der Waals surface area contributed by atoms with Gasteiger partial charge in [0, 0.05) is 5.56 Å². The number of H-pyrrole nitrogens is 1. The Morgan fingerprint density at radius 2 is 2.00 bits per heavy atom. The molecule has 1 aromatic heterocycles. The molecule has 1 atom stereocenters. The van der Waals surface area contributed by atoms with E-state index in [1.807, 2.05) is 31.2 Å². The molecule has 0 aliphatic carbocycles. The number of imidazole rings is 1. The van der Waals surface area contributed by atoms with Crippen molar-refractivity contribution < 1.29 is 14.3 Å². The minimum Gasteiger partial charge on any atom is -0.497 e. The SMILES string of the molecule is CCC[C@@H](NC(=O)c1cccc(OC)c1)C(=O)Nc1nc2ccccc2[nH]1. The van der Waals surface area contributed by atoms with Crippen molar-refractivity contribution in [2.24, 2.45) is 0 Å². The smallest absolute Gasteiger partial charge is 0.252 e. The second kappa shape index (κ2) is 8.35. The van der Waals surface area contributed by atoms with E-state index < -0.39 is 6.04 Å². The highest BCUT2D eigenvalue weighted by Gasteiger charge is 2.22. The van der Waals surface area contributed by atoms with Crippen LogP contribution >= 0.6 is 0 Å². The third-order valence-corrected chi connectivity index (χ3v) is 4.16. The van der Waals surface area contributed by atoms with Crippen LogP contribution in [0.5, 0.6) is 5.75 Å². The Balaban J connectivity index is 1.71. The maximum Gasteiger partial charge on any atom is 0.252 e. The summed E-state index contributed by atoms with van der Waals surface area (Å²) in [6.07, 6.45) is 1.26. The number of amides is 2. The van der Waals surface area contributed by atoms with Gasteiger partial charge in [-0.1, -0.05) is 31.5 Å². The number of aromatic amines is 1. The van der Waals surface area contributed by atoms with Gasteiger partial charge in [0.15, 0.2) is 0 Å². The Kier molecular flexibility index (Phi) is 5.71. The molecule has 0 bridgehead atoms. The summed E-state index contributed by atoms with van der Waals surface area (Å²) in [6.45, 7) is 1.96. The molecule has 0 radical (unpaired) electrons. The summed E-state index contributed by atoms with van der Waals surface area (Å²) in [6, 6.07) is 13.6. The van der Waals surface area contributed by atoms with Crippen LogP contribution in [0.3, 0.4) is 0 Å². The molecule has 1 heterocycles. The van der Waals surface area contributed by atoms with Crippen LogP contribution in [0, 0.1) is 0 Å². The van der Waals surface area contributed by atoms with Crippen LogP contribution < -0.4 is 15.4 Å². The van der Waals surface area contributed by atoms with E-state index in [-0.39, 0.29) is 11.8 Å². The van der Waals surface area contributed by atoms with E-state index >= 15 is 0 Å². The Morgan fingerprint density at radius 1 is 1.19 bits per heavy atom. The molecular weight excluding hydrogens is 344 g/mol. The molecule has 0 aliphatic heterocycles. The third kappa shape index (κ3) is 4.44. The third-order valence-electron chi connectivity index (χ3n) is 4.16. The Morgan fingerprint density at radius 3 is 2.74 bits per heavy atom. The second-order valence-electron chi connectivity index (χ2n) is 6.14. The highest BCUT2D eigenvalue weighted by atomic mass is 16.5. The largest absolute Gasteiger partial charge is 0.497 e. The molecule has 2 aromatic carbocycles. The maximum absolute atomic E-state index is 12.7. The van der Waals surface area contributed by atoms with E-state index in [2.05, 4.69) is 20.6 Å². The summed E-state index contributed by atoms with van der Waals surface area (Å²) in [5.41, 5.74) is 2.03. The quantitative estimate of drug-likeness (QED) is 0.599. The predicted molar refractivity (Wildman–Crippen MR) is 104 cm³/mol. The van der Waals surface area contributed by atoms with Crippen LogP contribution in [0.1, 0.15) is 30.1 Å². The van der Waals surface area contributed by atoms with Crippen molar-refractivity contribution in [1.29, 1.82) is 0 Å². The lowest BCUT2D eigenvalue weighted by molar-refractivity contribution is -0.118. The van der Waals surface area contributed by atoms with Gasteiger partial charge in [-0.05, 0) is 36.8 Å². The molecule has 0 fully saturated rings. The van der Waals surface area contributed by atoms with Gasteiger partial charge in [0.05, 0.1) is 18.1 Å². The molecular formula is C20H22N4O3. The molecule has 0 saturated carbocycles. The Labute approximate surface area is 157 Å². The summed E-state index contributed by atoms with van der Waals surface area (Å²) in [5.74, 6) is 0.304. The highest BCUT2D eigenvalue weighted by molar-refractivity contribution is 6.01. The lowest BCUT2D eigenvalue weighted by Gasteiger charge is -2.17. The molecule has 7 heteroatoms. The number of benzene rings is 2. The first-order valence-electron chi connectivity index (χ1n) is 8.81. The van der Waals surface area contributed by atoms with Crippen LogP contribution in [0.15, 0.2) is 48.5 Å². The molecule has 27 heavy (non-hydrogen) atoms. The molecule has 3 rings (SSSR count). The van der Waals surface area contributed by atoms with Crippen LogP contribution in [-0.2, 0) is 4.79 Å². The maximum atomic E-state index is 12.7. The van der Waals surface area contributed by atoms with Crippen molar-refractivity contribution in [1.82, 2.24) is 15.3 Å². The van der Waals surface area contributed by atoms with Gasteiger partial charge in [0.25, 0.3) is 5.91 Å². The summed E-state index contributed by atoms with van der Waals surface area (Å²) >= 11 is 0. The van der Waals surface area contributed by atoms with Crippen LogP contribution in [-0.4, -0.2) is 34.9 Å². The lowest BCUT2D eigenvalue weighted by Crippen LogP contribution is -2.43.